The molecule has 1 N–H and O–H groups in total. The molecule has 4 nitrogen and oxygen atoms in total. The lowest BCUT2D eigenvalue weighted by Crippen LogP contribution is -2.28. The number of halogens is 1. The highest BCUT2D eigenvalue weighted by molar-refractivity contribution is 9.10. The molecule has 98 valence electrons. The summed E-state index contributed by atoms with van der Waals surface area (Å²) in [4.78, 5) is 4.20. The maximum Gasteiger partial charge on any atom is 0.225 e. The van der Waals surface area contributed by atoms with Crippen LogP contribution in [-0.4, -0.2) is 17.2 Å². The van der Waals surface area contributed by atoms with Crippen molar-refractivity contribution in [1.82, 2.24) is 4.98 Å². The van der Waals surface area contributed by atoms with Crippen molar-refractivity contribution in [2.45, 2.75) is 12.5 Å². The molecule has 1 aliphatic rings. The average Bonchev–Trinajstić information content (AvgIpc) is 2.40. The van der Waals surface area contributed by atoms with Gasteiger partial charge in [-0.15, -0.1) is 0 Å². The number of pyridine rings is 1. The van der Waals surface area contributed by atoms with E-state index in [0.717, 1.165) is 4.47 Å². The van der Waals surface area contributed by atoms with E-state index in [4.69, 9.17) is 9.47 Å². The van der Waals surface area contributed by atoms with E-state index in [9.17, 15) is 5.11 Å². The Hall–Kier alpha value is -1.59. The summed E-state index contributed by atoms with van der Waals surface area (Å²) >= 11 is 3.36. The number of rotatable bonds is 1. The Labute approximate surface area is 119 Å². The number of fused-ring (bicyclic) bond motifs is 2. The first-order chi connectivity index (χ1) is 9.02. The predicted molar refractivity (Wildman–Crippen MR) is 73.7 cm³/mol. The maximum atomic E-state index is 10.8. The highest BCUT2D eigenvalue weighted by Gasteiger charge is 2.37. The Balaban J connectivity index is 2.22. The van der Waals surface area contributed by atoms with Crippen LogP contribution in [0.15, 0.2) is 34.9 Å². The third kappa shape index (κ3) is 1.89. The molecule has 3 rings (SSSR count). The van der Waals surface area contributed by atoms with E-state index < -0.39 is 5.60 Å². The summed E-state index contributed by atoms with van der Waals surface area (Å²) in [5.74, 6) is 1.69. The van der Waals surface area contributed by atoms with Crippen LogP contribution in [0.1, 0.15) is 18.1 Å². The third-order valence-electron chi connectivity index (χ3n) is 3.26. The van der Waals surface area contributed by atoms with E-state index in [1.54, 1.807) is 38.4 Å². The highest BCUT2D eigenvalue weighted by atomic mass is 79.9. The fraction of sp³-hybridized carbons (Fsp3) is 0.214. The molecule has 2 heterocycles. The van der Waals surface area contributed by atoms with Crippen molar-refractivity contribution >= 4 is 15.9 Å². The van der Waals surface area contributed by atoms with Gasteiger partial charge in [-0.1, -0.05) is 0 Å². The summed E-state index contributed by atoms with van der Waals surface area (Å²) in [5.41, 5.74) is 0.121. The van der Waals surface area contributed by atoms with E-state index in [1.807, 2.05) is 6.07 Å². The molecular formula is C14H12BrNO3. The van der Waals surface area contributed by atoms with Crippen LogP contribution in [-0.2, 0) is 5.60 Å². The molecule has 2 aromatic rings. The Morgan fingerprint density at radius 1 is 1.32 bits per heavy atom. The van der Waals surface area contributed by atoms with Crippen molar-refractivity contribution < 1.29 is 14.6 Å². The molecule has 0 fully saturated rings. The summed E-state index contributed by atoms with van der Waals surface area (Å²) in [6.07, 6.45) is 1.64. The molecule has 5 heteroatoms. The number of nitrogens with zero attached hydrogens (tertiary/aromatic N) is 1. The number of hydrogen-bond acceptors (Lipinski definition) is 4. The fourth-order valence-electron chi connectivity index (χ4n) is 2.21. The molecule has 0 aliphatic carbocycles. The first kappa shape index (κ1) is 12.4. The zero-order valence-electron chi connectivity index (χ0n) is 10.5. The molecule has 0 spiro atoms. The topological polar surface area (TPSA) is 51.6 Å². The quantitative estimate of drug-likeness (QED) is 0.876. The lowest BCUT2D eigenvalue weighted by atomic mass is 9.86. The second kappa shape index (κ2) is 4.21. The molecule has 0 unspecified atom stereocenters. The highest BCUT2D eigenvalue weighted by Crippen LogP contribution is 2.47. The summed E-state index contributed by atoms with van der Waals surface area (Å²) in [6, 6.07) is 7.15. The predicted octanol–water partition coefficient (Wildman–Crippen LogP) is 3.21. The average molecular weight is 322 g/mol. The van der Waals surface area contributed by atoms with Crippen LogP contribution in [0, 0.1) is 0 Å². The van der Waals surface area contributed by atoms with Gasteiger partial charge in [0.15, 0.2) is 0 Å². The number of aliphatic hydroxyl groups is 1. The molecule has 0 amide bonds. The second-order valence-electron chi connectivity index (χ2n) is 4.54. The van der Waals surface area contributed by atoms with Gasteiger partial charge in [-0.25, -0.2) is 4.98 Å². The lowest BCUT2D eigenvalue weighted by Gasteiger charge is -2.32. The standard InChI is InChI=1S/C14H12BrNO3/c1-14(17)10-6-9(18-2)3-4-12(10)19-13-11(14)5-8(15)7-16-13/h3-7,17H,1-2H3/t14-/m0/s1. The van der Waals surface area contributed by atoms with Gasteiger partial charge >= 0.3 is 0 Å². The van der Waals surface area contributed by atoms with Gasteiger partial charge in [0.05, 0.1) is 12.7 Å². The van der Waals surface area contributed by atoms with E-state index in [2.05, 4.69) is 20.9 Å². The minimum atomic E-state index is -1.17. The maximum absolute atomic E-state index is 10.8. The van der Waals surface area contributed by atoms with Crippen LogP contribution in [0.2, 0.25) is 0 Å². The Morgan fingerprint density at radius 3 is 2.84 bits per heavy atom. The Bertz CT molecular complexity index is 655. The van der Waals surface area contributed by atoms with Crippen molar-refractivity contribution in [3.05, 3.63) is 46.1 Å². The summed E-state index contributed by atoms with van der Waals surface area (Å²) in [7, 11) is 1.59. The van der Waals surface area contributed by atoms with Gasteiger partial charge in [-0.05, 0) is 47.1 Å². The van der Waals surface area contributed by atoms with Crippen LogP contribution in [0.4, 0.5) is 0 Å². The molecule has 0 bridgehead atoms. The molecule has 19 heavy (non-hydrogen) atoms. The number of aromatic nitrogens is 1. The lowest BCUT2D eigenvalue weighted by molar-refractivity contribution is 0.0884. The van der Waals surface area contributed by atoms with Gasteiger partial charge in [0.1, 0.15) is 17.1 Å². The molecule has 1 aliphatic heterocycles. The zero-order valence-corrected chi connectivity index (χ0v) is 12.1. The van der Waals surface area contributed by atoms with E-state index in [-0.39, 0.29) is 0 Å². The number of benzene rings is 1. The zero-order chi connectivity index (χ0) is 13.6. The van der Waals surface area contributed by atoms with Crippen molar-refractivity contribution in [3.63, 3.8) is 0 Å². The van der Waals surface area contributed by atoms with Crippen molar-refractivity contribution in [3.8, 4) is 17.4 Å². The van der Waals surface area contributed by atoms with Crippen LogP contribution in [0.25, 0.3) is 0 Å². The van der Waals surface area contributed by atoms with Crippen LogP contribution in [0.5, 0.6) is 17.4 Å². The van der Waals surface area contributed by atoms with Crippen molar-refractivity contribution in [2.24, 2.45) is 0 Å². The number of methoxy groups -OCH3 is 1. The summed E-state index contributed by atoms with van der Waals surface area (Å²) in [6.45, 7) is 1.72. The fourth-order valence-corrected chi connectivity index (χ4v) is 2.54. The van der Waals surface area contributed by atoms with Crippen LogP contribution < -0.4 is 9.47 Å². The largest absolute Gasteiger partial charge is 0.497 e. The van der Waals surface area contributed by atoms with Crippen LogP contribution >= 0.6 is 15.9 Å². The molecule has 0 saturated heterocycles. The van der Waals surface area contributed by atoms with E-state index >= 15 is 0 Å². The monoisotopic (exact) mass is 321 g/mol. The summed E-state index contributed by atoms with van der Waals surface area (Å²) in [5, 5.41) is 10.8. The SMILES string of the molecule is COc1ccc2c(c1)[C@](C)(O)c1cc(Br)cnc1O2. The van der Waals surface area contributed by atoms with Crippen molar-refractivity contribution in [1.29, 1.82) is 0 Å². The minimum absolute atomic E-state index is 0.422. The Morgan fingerprint density at radius 2 is 2.11 bits per heavy atom. The molecule has 0 radical (unpaired) electrons. The minimum Gasteiger partial charge on any atom is -0.497 e. The second-order valence-corrected chi connectivity index (χ2v) is 5.46. The smallest absolute Gasteiger partial charge is 0.225 e. The summed E-state index contributed by atoms with van der Waals surface area (Å²) < 4.78 is 11.7. The van der Waals surface area contributed by atoms with E-state index in [1.165, 1.54) is 0 Å². The molecule has 1 atom stereocenters. The van der Waals surface area contributed by atoms with Gasteiger partial charge in [-0.2, -0.15) is 0 Å². The van der Waals surface area contributed by atoms with Gasteiger partial charge in [-0.3, -0.25) is 0 Å². The molecule has 0 saturated carbocycles. The first-order valence-electron chi connectivity index (χ1n) is 5.77. The first-order valence-corrected chi connectivity index (χ1v) is 6.56. The normalized spacial score (nSPS) is 20.2. The van der Waals surface area contributed by atoms with Gasteiger partial charge in [0, 0.05) is 16.2 Å². The van der Waals surface area contributed by atoms with Gasteiger partial charge in [0.25, 0.3) is 0 Å². The van der Waals surface area contributed by atoms with Crippen LogP contribution in [0.3, 0.4) is 0 Å². The van der Waals surface area contributed by atoms with E-state index in [0.29, 0.717) is 28.5 Å². The molecular weight excluding hydrogens is 310 g/mol. The van der Waals surface area contributed by atoms with Crippen molar-refractivity contribution in [2.75, 3.05) is 7.11 Å². The Kier molecular flexibility index (Phi) is 2.76. The number of hydrogen-bond donors (Lipinski definition) is 1. The van der Waals surface area contributed by atoms with Gasteiger partial charge in [0.2, 0.25) is 5.88 Å². The molecule has 1 aromatic carbocycles. The molecule has 1 aromatic heterocycles. The number of ether oxygens (including phenoxy) is 2. The third-order valence-corrected chi connectivity index (χ3v) is 3.69. The van der Waals surface area contributed by atoms with Gasteiger partial charge < -0.3 is 14.6 Å².